The minimum Gasteiger partial charge on any atom is -0.277 e. The molecule has 0 bridgehead atoms. The van der Waals surface area contributed by atoms with Crippen LogP contribution in [-0.2, 0) is 16.2 Å². The highest BCUT2D eigenvalue weighted by molar-refractivity contribution is 7.92. The maximum absolute atomic E-state index is 14.4. The van der Waals surface area contributed by atoms with Gasteiger partial charge in [-0.15, -0.1) is 0 Å². The first-order chi connectivity index (χ1) is 15.9. The molecule has 3 aromatic carbocycles. The molecule has 0 unspecified atom stereocenters. The summed E-state index contributed by atoms with van der Waals surface area (Å²) in [5, 5.41) is 0.269. The van der Waals surface area contributed by atoms with E-state index in [0.717, 1.165) is 16.7 Å². The molecule has 0 fully saturated rings. The molecule has 0 atom stereocenters. The van der Waals surface area contributed by atoms with Crippen LogP contribution in [0.1, 0.15) is 11.4 Å². The average molecular weight is 495 g/mol. The zero-order valence-corrected chi connectivity index (χ0v) is 18.0. The van der Waals surface area contributed by atoms with Gasteiger partial charge in [0.05, 0.1) is 32.7 Å². The van der Waals surface area contributed by atoms with E-state index in [2.05, 4.69) is 4.98 Å². The number of para-hydroxylation sites is 1. The highest BCUT2D eigenvalue weighted by Crippen LogP contribution is 2.33. The van der Waals surface area contributed by atoms with Crippen LogP contribution >= 0.6 is 0 Å². The molecule has 1 heterocycles. The van der Waals surface area contributed by atoms with Gasteiger partial charge in [0.2, 0.25) is 0 Å². The van der Waals surface area contributed by atoms with E-state index in [1.807, 2.05) is 4.72 Å². The van der Waals surface area contributed by atoms with Crippen LogP contribution < -0.4 is 10.3 Å². The number of anilines is 1. The molecule has 4 rings (SSSR count). The first kappa shape index (κ1) is 23.4. The van der Waals surface area contributed by atoms with Crippen LogP contribution in [0.4, 0.5) is 27.6 Å². The second kappa shape index (κ2) is 8.20. The van der Waals surface area contributed by atoms with Gasteiger partial charge in [0.25, 0.3) is 15.6 Å². The minimum absolute atomic E-state index is 0.0648. The Morgan fingerprint density at radius 1 is 0.941 bits per heavy atom. The summed E-state index contributed by atoms with van der Waals surface area (Å²) in [4.78, 5) is 16.4. The maximum atomic E-state index is 14.4. The quantitative estimate of drug-likeness (QED) is 0.413. The number of aromatic nitrogens is 2. The lowest BCUT2D eigenvalue weighted by atomic mass is 10.2. The van der Waals surface area contributed by atoms with E-state index in [1.54, 1.807) is 24.3 Å². The van der Waals surface area contributed by atoms with Crippen molar-refractivity contribution < 1.29 is 30.4 Å². The van der Waals surface area contributed by atoms with Crippen LogP contribution in [0.25, 0.3) is 16.6 Å². The number of sulfonamides is 1. The molecular formula is C22H14F5N3O3S. The van der Waals surface area contributed by atoms with Crippen molar-refractivity contribution in [3.8, 4) is 5.69 Å². The SMILES string of the molecule is Cc1nc2ccccc2c(=O)n1-c1ccc(F)c(NS(=O)(=O)c2ccc(F)c(C(F)(F)F)c2)c1. The summed E-state index contributed by atoms with van der Waals surface area (Å²) in [5.41, 5.74) is -2.41. The van der Waals surface area contributed by atoms with Crippen molar-refractivity contribution in [3.05, 3.63) is 94.0 Å². The molecule has 0 aliphatic carbocycles. The topological polar surface area (TPSA) is 81.1 Å². The van der Waals surface area contributed by atoms with Crippen molar-refractivity contribution in [2.75, 3.05) is 4.72 Å². The number of halogens is 5. The summed E-state index contributed by atoms with van der Waals surface area (Å²) < 4.78 is 95.2. The summed E-state index contributed by atoms with van der Waals surface area (Å²) in [6.07, 6.45) is -5.14. The molecule has 0 amide bonds. The van der Waals surface area contributed by atoms with Crippen molar-refractivity contribution >= 4 is 26.6 Å². The molecule has 0 aliphatic rings. The van der Waals surface area contributed by atoms with Gasteiger partial charge in [-0.3, -0.25) is 14.1 Å². The Hall–Kier alpha value is -3.80. The predicted molar refractivity (Wildman–Crippen MR) is 114 cm³/mol. The number of nitrogens with zero attached hydrogens (tertiary/aromatic N) is 2. The van der Waals surface area contributed by atoms with Gasteiger partial charge in [0.15, 0.2) is 0 Å². The lowest BCUT2D eigenvalue weighted by Gasteiger charge is -2.15. The van der Waals surface area contributed by atoms with E-state index < -0.39 is 49.5 Å². The fraction of sp³-hybridized carbons (Fsp3) is 0.0909. The van der Waals surface area contributed by atoms with Gasteiger partial charge in [-0.05, 0) is 55.5 Å². The van der Waals surface area contributed by atoms with Gasteiger partial charge in [-0.2, -0.15) is 13.2 Å². The Morgan fingerprint density at radius 3 is 2.32 bits per heavy atom. The van der Waals surface area contributed by atoms with E-state index in [1.165, 1.54) is 13.0 Å². The molecule has 6 nitrogen and oxygen atoms in total. The second-order valence-corrected chi connectivity index (χ2v) is 8.91. The van der Waals surface area contributed by atoms with Gasteiger partial charge >= 0.3 is 6.18 Å². The lowest BCUT2D eigenvalue weighted by Crippen LogP contribution is -2.22. The number of hydrogen-bond donors (Lipinski definition) is 1. The van der Waals surface area contributed by atoms with Gasteiger partial charge < -0.3 is 0 Å². The van der Waals surface area contributed by atoms with Gasteiger partial charge in [0, 0.05) is 0 Å². The Kier molecular flexibility index (Phi) is 5.64. The maximum Gasteiger partial charge on any atom is 0.419 e. The summed E-state index contributed by atoms with van der Waals surface area (Å²) in [6, 6.07) is 10.7. The Bertz CT molecular complexity index is 1600. The Labute approximate surface area is 189 Å². The summed E-state index contributed by atoms with van der Waals surface area (Å²) in [5.74, 6) is -2.47. The van der Waals surface area contributed by atoms with E-state index in [-0.39, 0.29) is 23.0 Å². The fourth-order valence-corrected chi connectivity index (χ4v) is 4.45. The molecule has 34 heavy (non-hydrogen) atoms. The summed E-state index contributed by atoms with van der Waals surface area (Å²) in [7, 11) is -4.75. The van der Waals surface area contributed by atoms with Gasteiger partial charge in [-0.25, -0.2) is 22.2 Å². The van der Waals surface area contributed by atoms with E-state index >= 15 is 0 Å². The number of alkyl halides is 3. The van der Waals surface area contributed by atoms with Crippen molar-refractivity contribution in [1.82, 2.24) is 9.55 Å². The van der Waals surface area contributed by atoms with Crippen LogP contribution in [0, 0.1) is 18.6 Å². The van der Waals surface area contributed by atoms with Crippen molar-refractivity contribution in [2.45, 2.75) is 18.0 Å². The van der Waals surface area contributed by atoms with Crippen LogP contribution in [-0.4, -0.2) is 18.0 Å². The molecule has 0 spiro atoms. The molecule has 12 heteroatoms. The van der Waals surface area contributed by atoms with E-state index in [4.69, 9.17) is 0 Å². The van der Waals surface area contributed by atoms with Crippen molar-refractivity contribution in [3.63, 3.8) is 0 Å². The highest BCUT2D eigenvalue weighted by atomic mass is 32.2. The third-order valence-electron chi connectivity index (χ3n) is 4.95. The lowest BCUT2D eigenvalue weighted by molar-refractivity contribution is -0.140. The molecule has 1 aromatic heterocycles. The molecule has 0 saturated carbocycles. The van der Waals surface area contributed by atoms with Crippen LogP contribution in [0.2, 0.25) is 0 Å². The monoisotopic (exact) mass is 495 g/mol. The Morgan fingerprint density at radius 2 is 1.62 bits per heavy atom. The van der Waals surface area contributed by atoms with E-state index in [0.29, 0.717) is 17.6 Å². The number of aryl methyl sites for hydroxylation is 1. The summed E-state index contributed by atoms with van der Waals surface area (Å²) >= 11 is 0. The standard InChI is InChI=1S/C22H14F5N3O3S/c1-12-28-19-5-3-2-4-15(19)21(31)30(12)13-6-8-18(24)20(10-13)29-34(32,33)14-7-9-17(23)16(11-14)22(25,26)27/h2-11,29H,1H3. The second-order valence-electron chi connectivity index (χ2n) is 7.23. The molecular weight excluding hydrogens is 481 g/mol. The number of rotatable bonds is 4. The number of nitrogens with one attached hydrogen (secondary N) is 1. The average Bonchev–Trinajstić information content (AvgIpc) is 2.75. The normalized spacial score (nSPS) is 12.2. The third-order valence-corrected chi connectivity index (χ3v) is 6.31. The van der Waals surface area contributed by atoms with Crippen molar-refractivity contribution in [2.24, 2.45) is 0 Å². The van der Waals surface area contributed by atoms with E-state index in [9.17, 15) is 35.2 Å². The highest BCUT2D eigenvalue weighted by Gasteiger charge is 2.35. The first-order valence-electron chi connectivity index (χ1n) is 9.56. The Balaban J connectivity index is 1.79. The largest absolute Gasteiger partial charge is 0.419 e. The first-order valence-corrected chi connectivity index (χ1v) is 11.0. The molecule has 4 aromatic rings. The minimum atomic E-state index is -5.14. The molecule has 0 saturated heterocycles. The van der Waals surface area contributed by atoms with Gasteiger partial charge in [0.1, 0.15) is 17.5 Å². The fourth-order valence-electron chi connectivity index (χ4n) is 3.37. The molecule has 0 radical (unpaired) electrons. The third kappa shape index (κ3) is 4.23. The molecule has 0 aliphatic heterocycles. The molecule has 1 N–H and O–H groups in total. The smallest absolute Gasteiger partial charge is 0.277 e. The number of hydrogen-bond acceptors (Lipinski definition) is 4. The summed E-state index contributed by atoms with van der Waals surface area (Å²) in [6.45, 7) is 1.53. The number of benzene rings is 3. The van der Waals surface area contributed by atoms with Crippen LogP contribution in [0.3, 0.4) is 0 Å². The van der Waals surface area contributed by atoms with Gasteiger partial charge in [-0.1, -0.05) is 12.1 Å². The zero-order valence-electron chi connectivity index (χ0n) is 17.2. The number of fused-ring (bicyclic) bond motifs is 1. The predicted octanol–water partition coefficient (Wildman–Crippen LogP) is 4.79. The zero-order chi connectivity index (χ0) is 24.8. The molecule has 176 valence electrons. The van der Waals surface area contributed by atoms with Crippen LogP contribution in [0.15, 0.2) is 70.4 Å². The van der Waals surface area contributed by atoms with Crippen molar-refractivity contribution in [1.29, 1.82) is 0 Å². The van der Waals surface area contributed by atoms with Crippen LogP contribution in [0.5, 0.6) is 0 Å².